The van der Waals surface area contributed by atoms with E-state index < -0.39 is 0 Å². The molecule has 0 saturated heterocycles. The molecule has 0 aliphatic rings. The largest absolute Gasteiger partial charge is 0.339 e. The number of aryl methyl sites for hydroxylation is 2. The Balaban J connectivity index is 1.55. The number of carbonyl (C=O) groups excluding carboxylic acids is 1. The van der Waals surface area contributed by atoms with E-state index in [1.165, 1.54) is 0 Å². The number of hydrogen-bond acceptors (Lipinski definition) is 5. The Morgan fingerprint density at radius 1 is 1.07 bits per heavy atom. The quantitative estimate of drug-likeness (QED) is 0.553. The van der Waals surface area contributed by atoms with Gasteiger partial charge in [-0.15, -0.1) is 0 Å². The maximum Gasteiger partial charge on any atom is 0.259 e. The van der Waals surface area contributed by atoms with Gasteiger partial charge in [-0.2, -0.15) is 10.1 Å². The molecule has 4 aromatic rings. The second kappa shape index (κ2) is 7.28. The molecule has 2 aromatic heterocycles. The molecule has 0 bridgehead atoms. The van der Waals surface area contributed by atoms with Gasteiger partial charge in [0.25, 0.3) is 5.91 Å². The van der Waals surface area contributed by atoms with Crippen LogP contribution in [0.4, 0.5) is 5.69 Å². The Morgan fingerprint density at radius 3 is 2.43 bits per heavy atom. The van der Waals surface area contributed by atoms with E-state index in [1.54, 1.807) is 49.0 Å². The third-order valence-electron chi connectivity index (χ3n) is 4.16. The van der Waals surface area contributed by atoms with Crippen molar-refractivity contribution in [2.24, 2.45) is 0 Å². The molecule has 0 atom stereocenters. The van der Waals surface area contributed by atoms with Crippen molar-refractivity contribution in [3.8, 4) is 17.1 Å². The third kappa shape index (κ3) is 3.65. The Kier molecular flexibility index (Phi) is 4.67. The molecule has 0 fully saturated rings. The van der Waals surface area contributed by atoms with Crippen LogP contribution in [0.5, 0.6) is 0 Å². The zero-order valence-electron chi connectivity index (χ0n) is 15.2. The van der Waals surface area contributed by atoms with Crippen molar-refractivity contribution < 1.29 is 9.32 Å². The molecule has 7 nitrogen and oxygen atoms in total. The minimum Gasteiger partial charge on any atom is -0.339 e. The normalized spacial score (nSPS) is 10.8. The summed E-state index contributed by atoms with van der Waals surface area (Å²) in [5.74, 6) is 0.812. The molecule has 1 N–H and O–H groups in total. The van der Waals surface area contributed by atoms with Crippen molar-refractivity contribution in [3.63, 3.8) is 0 Å². The molecule has 28 heavy (non-hydrogen) atoms. The predicted molar refractivity (Wildman–Crippen MR) is 106 cm³/mol. The van der Waals surface area contributed by atoms with E-state index in [9.17, 15) is 4.79 Å². The van der Waals surface area contributed by atoms with E-state index in [-0.39, 0.29) is 5.91 Å². The summed E-state index contributed by atoms with van der Waals surface area (Å²) in [6.07, 6.45) is 1.70. The fraction of sp³-hybridized carbons (Fsp3) is 0.100. The number of rotatable bonds is 4. The van der Waals surface area contributed by atoms with Crippen molar-refractivity contribution >= 4 is 23.2 Å². The molecule has 0 aliphatic heterocycles. The van der Waals surface area contributed by atoms with Gasteiger partial charge in [0, 0.05) is 29.4 Å². The lowest BCUT2D eigenvalue weighted by molar-refractivity contribution is 0.102. The monoisotopic (exact) mass is 393 g/mol. The smallest absolute Gasteiger partial charge is 0.259 e. The lowest BCUT2D eigenvalue weighted by Gasteiger charge is -2.04. The van der Waals surface area contributed by atoms with Gasteiger partial charge in [0.15, 0.2) is 0 Å². The molecule has 2 aromatic carbocycles. The number of halogens is 1. The molecule has 140 valence electrons. The molecule has 0 unspecified atom stereocenters. The van der Waals surface area contributed by atoms with Crippen LogP contribution in [0.1, 0.15) is 21.9 Å². The minimum absolute atomic E-state index is 0.232. The fourth-order valence-corrected chi connectivity index (χ4v) is 2.85. The molecule has 4 rings (SSSR count). The van der Waals surface area contributed by atoms with Crippen LogP contribution < -0.4 is 5.32 Å². The lowest BCUT2D eigenvalue weighted by atomic mass is 10.2. The highest BCUT2D eigenvalue weighted by Crippen LogP contribution is 2.20. The second-order valence-electron chi connectivity index (χ2n) is 6.22. The van der Waals surface area contributed by atoms with Gasteiger partial charge < -0.3 is 9.84 Å². The van der Waals surface area contributed by atoms with Gasteiger partial charge >= 0.3 is 0 Å². The van der Waals surface area contributed by atoms with Gasteiger partial charge in [0.1, 0.15) is 0 Å². The van der Waals surface area contributed by atoms with Gasteiger partial charge in [-0.1, -0.05) is 16.8 Å². The maximum absolute atomic E-state index is 12.6. The Bertz CT molecular complexity index is 1130. The number of amides is 1. The van der Waals surface area contributed by atoms with Gasteiger partial charge in [-0.05, 0) is 55.5 Å². The van der Waals surface area contributed by atoms with Crippen LogP contribution >= 0.6 is 11.6 Å². The maximum atomic E-state index is 12.6. The first-order valence-electron chi connectivity index (χ1n) is 8.54. The van der Waals surface area contributed by atoms with E-state index in [0.717, 1.165) is 11.3 Å². The van der Waals surface area contributed by atoms with Crippen LogP contribution in [-0.2, 0) is 0 Å². The summed E-state index contributed by atoms with van der Waals surface area (Å²) in [5, 5.41) is 11.8. The van der Waals surface area contributed by atoms with Crippen LogP contribution in [0.25, 0.3) is 17.1 Å². The minimum atomic E-state index is -0.232. The zero-order valence-corrected chi connectivity index (χ0v) is 15.9. The third-order valence-corrected chi connectivity index (χ3v) is 4.42. The fourth-order valence-electron chi connectivity index (χ4n) is 2.73. The number of hydrogen-bond donors (Lipinski definition) is 1. The average molecular weight is 394 g/mol. The molecule has 1 amide bonds. The van der Waals surface area contributed by atoms with Crippen molar-refractivity contribution in [2.75, 3.05) is 5.32 Å². The van der Waals surface area contributed by atoms with Crippen molar-refractivity contribution in [1.82, 2.24) is 19.9 Å². The van der Waals surface area contributed by atoms with Crippen molar-refractivity contribution in [3.05, 3.63) is 76.9 Å². The van der Waals surface area contributed by atoms with E-state index in [2.05, 4.69) is 20.6 Å². The summed E-state index contributed by atoms with van der Waals surface area (Å²) in [5.41, 5.74) is 3.45. The van der Waals surface area contributed by atoms with Gasteiger partial charge in [-0.3, -0.25) is 4.79 Å². The molecule has 0 saturated carbocycles. The molecule has 0 radical (unpaired) electrons. The van der Waals surface area contributed by atoms with Gasteiger partial charge in [0.05, 0.1) is 16.9 Å². The predicted octanol–water partition coefficient (Wildman–Crippen LogP) is 4.44. The Hall–Kier alpha value is -3.45. The number of nitrogens with one attached hydrogen (secondary N) is 1. The highest BCUT2D eigenvalue weighted by Gasteiger charge is 2.15. The van der Waals surface area contributed by atoms with Crippen LogP contribution in [0.3, 0.4) is 0 Å². The number of anilines is 1. The van der Waals surface area contributed by atoms with Crippen LogP contribution in [0, 0.1) is 13.8 Å². The first-order chi connectivity index (χ1) is 13.5. The van der Waals surface area contributed by atoms with Crippen molar-refractivity contribution in [1.29, 1.82) is 0 Å². The van der Waals surface area contributed by atoms with Crippen LogP contribution in [0.2, 0.25) is 5.02 Å². The Labute approximate surface area is 166 Å². The van der Waals surface area contributed by atoms with Gasteiger partial charge in [0.2, 0.25) is 11.7 Å². The van der Waals surface area contributed by atoms with Gasteiger partial charge in [-0.25, -0.2) is 4.68 Å². The van der Waals surface area contributed by atoms with Crippen LogP contribution in [-0.4, -0.2) is 25.8 Å². The first-order valence-corrected chi connectivity index (χ1v) is 8.92. The summed E-state index contributed by atoms with van der Waals surface area (Å²) in [6.45, 7) is 3.54. The molecule has 0 aliphatic carbocycles. The summed E-state index contributed by atoms with van der Waals surface area (Å²) in [7, 11) is 0. The first kappa shape index (κ1) is 17.9. The highest BCUT2D eigenvalue weighted by molar-refractivity contribution is 6.30. The number of aromatic nitrogens is 4. The summed E-state index contributed by atoms with van der Waals surface area (Å²) in [6, 6.07) is 14.5. The topological polar surface area (TPSA) is 85.8 Å². The number of nitrogens with zero attached hydrogens (tertiary/aromatic N) is 4. The van der Waals surface area contributed by atoms with E-state index in [4.69, 9.17) is 16.1 Å². The highest BCUT2D eigenvalue weighted by atomic mass is 35.5. The summed E-state index contributed by atoms with van der Waals surface area (Å²) >= 11 is 5.87. The zero-order chi connectivity index (χ0) is 19.7. The van der Waals surface area contributed by atoms with E-state index >= 15 is 0 Å². The average Bonchev–Trinajstić information content (AvgIpc) is 3.30. The summed E-state index contributed by atoms with van der Waals surface area (Å²) < 4.78 is 6.67. The van der Waals surface area contributed by atoms with E-state index in [1.807, 2.05) is 24.3 Å². The SMILES string of the molecule is Cc1nc(-c2ccc(-n3cc(C(=O)Nc4ccc(Cl)cc4)c(C)n3)cc2)no1. The number of benzene rings is 2. The van der Waals surface area contributed by atoms with E-state index in [0.29, 0.717) is 33.7 Å². The van der Waals surface area contributed by atoms with Crippen molar-refractivity contribution in [2.45, 2.75) is 13.8 Å². The molecular weight excluding hydrogens is 378 g/mol. The Morgan fingerprint density at radius 2 is 1.79 bits per heavy atom. The summed E-state index contributed by atoms with van der Waals surface area (Å²) in [4.78, 5) is 16.8. The standard InChI is InChI=1S/C20H16ClN5O2/c1-12-18(20(27)23-16-7-5-15(21)6-8-16)11-26(24-12)17-9-3-14(4-10-17)19-22-13(2)28-25-19/h3-11H,1-2H3,(H,23,27). The number of carbonyl (C=O) groups is 1. The second-order valence-corrected chi connectivity index (χ2v) is 6.65. The molecular formula is C20H16ClN5O2. The molecule has 8 heteroatoms. The lowest BCUT2D eigenvalue weighted by Crippen LogP contribution is -2.12. The van der Waals surface area contributed by atoms with Crippen LogP contribution in [0.15, 0.2) is 59.3 Å². The molecule has 2 heterocycles. The molecule has 0 spiro atoms.